The van der Waals surface area contributed by atoms with Gasteiger partial charge in [0.25, 0.3) is 10.0 Å². The summed E-state index contributed by atoms with van der Waals surface area (Å²) in [5, 5.41) is 3.22. The molecule has 4 rings (SSSR count). The first-order valence-corrected chi connectivity index (χ1v) is 15.2. The van der Waals surface area contributed by atoms with E-state index in [4.69, 9.17) is 11.6 Å². The van der Waals surface area contributed by atoms with Gasteiger partial charge < -0.3 is 10.2 Å². The number of carbonyl (C=O) groups is 2. The first-order chi connectivity index (χ1) is 20.2. The molecule has 10 heteroatoms. The zero-order chi connectivity index (χ0) is 30.1. The zero-order valence-electron chi connectivity index (χ0n) is 23.0. The Bertz CT molecular complexity index is 1600. The van der Waals surface area contributed by atoms with E-state index < -0.39 is 34.3 Å². The summed E-state index contributed by atoms with van der Waals surface area (Å²) in [6, 6.07) is 27.8. The van der Waals surface area contributed by atoms with E-state index in [1.54, 1.807) is 61.5 Å². The maximum atomic E-state index is 14.3. The lowest BCUT2D eigenvalue weighted by Gasteiger charge is -2.34. The number of nitrogens with one attached hydrogen (secondary N) is 1. The standard InChI is InChI=1S/C32H31ClFN3O4S/c1-2-35-32(39)30(21-24-11-5-3-6-12-24)36(22-25-13-9-10-16-29(25)33)31(38)23-37(27-14-7-4-8-15-27)42(40,41)28-19-17-26(34)18-20-28/h3-20,30H,2,21-23H2,1H3,(H,35,39)/t30-/m1/s1. The maximum Gasteiger partial charge on any atom is 0.264 e. The number of halogens is 2. The number of anilines is 1. The van der Waals surface area contributed by atoms with Crippen LogP contribution in [0.25, 0.3) is 0 Å². The number of carbonyl (C=O) groups excluding carboxylic acids is 2. The first-order valence-electron chi connectivity index (χ1n) is 13.4. The van der Waals surface area contributed by atoms with Gasteiger partial charge in [0.05, 0.1) is 10.6 Å². The molecule has 7 nitrogen and oxygen atoms in total. The average Bonchev–Trinajstić information content (AvgIpc) is 2.99. The number of rotatable bonds is 12. The number of sulfonamides is 1. The van der Waals surface area contributed by atoms with E-state index in [0.717, 1.165) is 34.1 Å². The van der Waals surface area contributed by atoms with Crippen LogP contribution >= 0.6 is 11.6 Å². The Hall–Kier alpha value is -4.21. The molecule has 0 aliphatic rings. The van der Waals surface area contributed by atoms with Crippen molar-refractivity contribution in [2.24, 2.45) is 0 Å². The molecule has 0 saturated heterocycles. The molecule has 0 heterocycles. The van der Waals surface area contributed by atoms with Crippen molar-refractivity contribution in [2.75, 3.05) is 17.4 Å². The lowest BCUT2D eigenvalue weighted by molar-refractivity contribution is -0.140. The van der Waals surface area contributed by atoms with Gasteiger partial charge in [0.2, 0.25) is 11.8 Å². The highest BCUT2D eigenvalue weighted by molar-refractivity contribution is 7.92. The number of benzene rings is 4. The highest BCUT2D eigenvalue weighted by Gasteiger charge is 2.34. The third-order valence-electron chi connectivity index (χ3n) is 6.65. The van der Waals surface area contributed by atoms with Gasteiger partial charge in [0.15, 0.2) is 0 Å². The van der Waals surface area contributed by atoms with Crippen LogP contribution in [0.3, 0.4) is 0 Å². The first kappa shape index (κ1) is 30.7. The van der Waals surface area contributed by atoms with Gasteiger partial charge in [-0.2, -0.15) is 0 Å². The molecule has 4 aromatic rings. The minimum absolute atomic E-state index is 0.0354. The third kappa shape index (κ3) is 7.54. The van der Waals surface area contributed by atoms with Crippen molar-refractivity contribution in [3.05, 3.63) is 131 Å². The van der Waals surface area contributed by atoms with Crippen molar-refractivity contribution in [1.29, 1.82) is 0 Å². The number of para-hydroxylation sites is 1. The molecule has 0 saturated carbocycles. The Balaban J connectivity index is 1.78. The van der Waals surface area contributed by atoms with Crippen LogP contribution in [0.1, 0.15) is 18.1 Å². The van der Waals surface area contributed by atoms with Crippen molar-refractivity contribution in [3.63, 3.8) is 0 Å². The second kappa shape index (κ2) is 14.1. The Kier molecular flexibility index (Phi) is 10.3. The van der Waals surface area contributed by atoms with E-state index in [1.165, 1.54) is 4.90 Å². The molecule has 0 unspecified atom stereocenters. The highest BCUT2D eigenvalue weighted by atomic mass is 35.5. The number of likely N-dealkylation sites (N-methyl/N-ethyl adjacent to an activating group) is 1. The van der Waals surface area contributed by atoms with Crippen LogP contribution in [0.2, 0.25) is 5.02 Å². The summed E-state index contributed by atoms with van der Waals surface area (Å²) in [6.45, 7) is 1.47. The lowest BCUT2D eigenvalue weighted by Crippen LogP contribution is -2.53. The van der Waals surface area contributed by atoms with Crippen LogP contribution < -0.4 is 9.62 Å². The molecule has 218 valence electrons. The van der Waals surface area contributed by atoms with Gasteiger partial charge in [-0.1, -0.05) is 78.3 Å². The van der Waals surface area contributed by atoms with Gasteiger partial charge in [-0.05, 0) is 60.5 Å². The van der Waals surface area contributed by atoms with Gasteiger partial charge in [-0.25, -0.2) is 12.8 Å². The van der Waals surface area contributed by atoms with E-state index in [1.807, 2.05) is 30.3 Å². The number of hydrogen-bond donors (Lipinski definition) is 1. The summed E-state index contributed by atoms with van der Waals surface area (Å²) >= 11 is 6.47. The summed E-state index contributed by atoms with van der Waals surface area (Å²) in [4.78, 5) is 28.9. The molecule has 0 aliphatic carbocycles. The Morgan fingerprint density at radius 2 is 1.45 bits per heavy atom. The number of nitrogens with zero attached hydrogens (tertiary/aromatic N) is 2. The summed E-state index contributed by atoms with van der Waals surface area (Å²) < 4.78 is 42.3. The number of amides is 2. The van der Waals surface area contributed by atoms with E-state index in [2.05, 4.69) is 5.32 Å². The molecule has 42 heavy (non-hydrogen) atoms. The SMILES string of the molecule is CCNC(=O)[C@@H](Cc1ccccc1)N(Cc1ccccc1Cl)C(=O)CN(c1ccccc1)S(=O)(=O)c1ccc(F)cc1. The van der Waals surface area contributed by atoms with Crippen molar-refractivity contribution >= 4 is 39.1 Å². The van der Waals surface area contributed by atoms with E-state index >= 15 is 0 Å². The molecular weight excluding hydrogens is 577 g/mol. The van der Waals surface area contributed by atoms with Crippen molar-refractivity contribution in [1.82, 2.24) is 10.2 Å². The van der Waals surface area contributed by atoms with Crippen molar-refractivity contribution < 1.29 is 22.4 Å². The lowest BCUT2D eigenvalue weighted by atomic mass is 10.0. The summed E-state index contributed by atoms with van der Waals surface area (Å²) in [6.07, 6.45) is 0.193. The Morgan fingerprint density at radius 1 is 0.857 bits per heavy atom. The van der Waals surface area contributed by atoms with Crippen LogP contribution in [0, 0.1) is 5.82 Å². The monoisotopic (exact) mass is 607 g/mol. The fraction of sp³-hybridized carbons (Fsp3) is 0.188. The molecule has 0 aromatic heterocycles. The van der Waals surface area contributed by atoms with E-state index in [9.17, 15) is 22.4 Å². The van der Waals surface area contributed by atoms with Crippen LogP contribution in [0.15, 0.2) is 114 Å². The average molecular weight is 608 g/mol. The zero-order valence-corrected chi connectivity index (χ0v) is 24.6. The van der Waals surface area contributed by atoms with Crippen LogP contribution in [-0.4, -0.2) is 44.3 Å². The molecule has 0 aliphatic heterocycles. The topological polar surface area (TPSA) is 86.8 Å². The minimum atomic E-state index is -4.30. The Morgan fingerprint density at radius 3 is 2.07 bits per heavy atom. The minimum Gasteiger partial charge on any atom is -0.355 e. The number of hydrogen-bond acceptors (Lipinski definition) is 4. The second-order valence-electron chi connectivity index (χ2n) is 9.51. The highest BCUT2D eigenvalue weighted by Crippen LogP contribution is 2.26. The van der Waals surface area contributed by atoms with Crippen molar-refractivity contribution in [3.8, 4) is 0 Å². The Labute approximate surface area is 250 Å². The van der Waals surface area contributed by atoms with Crippen LogP contribution in [0.5, 0.6) is 0 Å². The summed E-state index contributed by atoms with van der Waals surface area (Å²) in [5.41, 5.74) is 1.66. The largest absolute Gasteiger partial charge is 0.355 e. The smallest absolute Gasteiger partial charge is 0.264 e. The molecule has 1 N–H and O–H groups in total. The molecular formula is C32H31ClFN3O4S. The normalized spacial score (nSPS) is 11.9. The van der Waals surface area contributed by atoms with Gasteiger partial charge in [-0.3, -0.25) is 13.9 Å². The van der Waals surface area contributed by atoms with Crippen molar-refractivity contribution in [2.45, 2.75) is 30.8 Å². The van der Waals surface area contributed by atoms with Gasteiger partial charge in [-0.15, -0.1) is 0 Å². The van der Waals surface area contributed by atoms with E-state index in [0.29, 0.717) is 17.1 Å². The second-order valence-corrected chi connectivity index (χ2v) is 11.8. The fourth-order valence-corrected chi connectivity index (χ4v) is 6.12. The summed E-state index contributed by atoms with van der Waals surface area (Å²) in [5.74, 6) is -1.58. The van der Waals surface area contributed by atoms with Crippen LogP contribution in [0.4, 0.5) is 10.1 Å². The van der Waals surface area contributed by atoms with E-state index in [-0.39, 0.29) is 29.5 Å². The summed E-state index contributed by atoms with van der Waals surface area (Å²) in [7, 11) is -4.30. The molecule has 0 spiro atoms. The quantitative estimate of drug-likeness (QED) is 0.232. The van der Waals surface area contributed by atoms with Gasteiger partial charge >= 0.3 is 0 Å². The maximum absolute atomic E-state index is 14.3. The predicted molar refractivity (Wildman–Crippen MR) is 162 cm³/mol. The van der Waals surface area contributed by atoms with Crippen LogP contribution in [-0.2, 0) is 32.6 Å². The third-order valence-corrected chi connectivity index (χ3v) is 8.80. The van der Waals surface area contributed by atoms with Gasteiger partial charge in [0.1, 0.15) is 18.4 Å². The molecule has 0 radical (unpaired) electrons. The molecule has 1 atom stereocenters. The predicted octanol–water partition coefficient (Wildman–Crippen LogP) is 5.45. The van der Waals surface area contributed by atoms with Gasteiger partial charge in [0, 0.05) is 24.5 Å². The molecule has 4 aromatic carbocycles. The molecule has 0 bridgehead atoms. The molecule has 2 amide bonds. The molecule has 0 fully saturated rings. The fourth-order valence-electron chi connectivity index (χ4n) is 4.51.